The molecule has 1 N–H and O–H groups in total. The van der Waals surface area contributed by atoms with Gasteiger partial charge in [-0.3, -0.25) is 9.59 Å². The summed E-state index contributed by atoms with van der Waals surface area (Å²) < 4.78 is 16.2. The van der Waals surface area contributed by atoms with Gasteiger partial charge >= 0.3 is 0 Å². The standard InChI is InChI=1S/C29H40N2O5/c1-4-27(29(33)30-23-9-6-5-7-10-23)31(21-22-12-14-24(34-2)15-13-22)28(32)11-8-20-36-26-18-16-25(35-3)17-19-26/h12-19,23,27H,4-11,20-21H2,1-3H3,(H,30,33)/t27-/m0/s1. The number of carbonyl (C=O) groups is 2. The predicted octanol–water partition coefficient (Wildman–Crippen LogP) is 5.12. The van der Waals surface area contributed by atoms with E-state index in [1.54, 1.807) is 19.1 Å². The molecule has 2 aromatic rings. The number of nitrogens with one attached hydrogen (secondary N) is 1. The van der Waals surface area contributed by atoms with Crippen molar-refractivity contribution < 1.29 is 23.8 Å². The summed E-state index contributed by atoms with van der Waals surface area (Å²) in [4.78, 5) is 28.4. The maximum Gasteiger partial charge on any atom is 0.243 e. The fraction of sp³-hybridized carbons (Fsp3) is 0.517. The average molecular weight is 497 g/mol. The largest absolute Gasteiger partial charge is 0.497 e. The minimum absolute atomic E-state index is 0.0465. The summed E-state index contributed by atoms with van der Waals surface area (Å²) in [6.07, 6.45) is 6.96. The Labute approximate surface area is 215 Å². The van der Waals surface area contributed by atoms with Crippen molar-refractivity contribution in [1.29, 1.82) is 0 Å². The van der Waals surface area contributed by atoms with Gasteiger partial charge in [-0.15, -0.1) is 0 Å². The third-order valence-corrected chi connectivity index (χ3v) is 6.71. The number of benzene rings is 2. The van der Waals surface area contributed by atoms with E-state index >= 15 is 0 Å². The molecule has 3 rings (SSSR count). The zero-order valence-corrected chi connectivity index (χ0v) is 21.8. The number of nitrogens with zero attached hydrogens (tertiary/aromatic N) is 1. The lowest BCUT2D eigenvalue weighted by atomic mass is 9.95. The van der Waals surface area contributed by atoms with Gasteiger partial charge in [0.25, 0.3) is 0 Å². The third kappa shape index (κ3) is 8.18. The molecule has 7 heteroatoms. The van der Waals surface area contributed by atoms with Crippen LogP contribution in [-0.4, -0.2) is 49.6 Å². The molecule has 0 aliphatic heterocycles. The minimum Gasteiger partial charge on any atom is -0.497 e. The number of amides is 2. The molecule has 0 bridgehead atoms. The van der Waals surface area contributed by atoms with Crippen molar-refractivity contribution in [3.63, 3.8) is 0 Å². The van der Waals surface area contributed by atoms with Crippen molar-refractivity contribution >= 4 is 11.8 Å². The zero-order valence-electron chi connectivity index (χ0n) is 21.8. The van der Waals surface area contributed by atoms with Gasteiger partial charge in [0.05, 0.1) is 20.8 Å². The van der Waals surface area contributed by atoms with E-state index in [1.165, 1.54) is 6.42 Å². The Balaban J connectivity index is 1.64. The molecule has 0 spiro atoms. The summed E-state index contributed by atoms with van der Waals surface area (Å²) in [7, 11) is 3.25. The van der Waals surface area contributed by atoms with Crippen LogP contribution in [-0.2, 0) is 16.1 Å². The van der Waals surface area contributed by atoms with E-state index in [-0.39, 0.29) is 17.9 Å². The summed E-state index contributed by atoms with van der Waals surface area (Å²) in [6, 6.07) is 14.7. The van der Waals surface area contributed by atoms with Gasteiger partial charge < -0.3 is 24.4 Å². The Morgan fingerprint density at radius 1 is 0.917 bits per heavy atom. The van der Waals surface area contributed by atoms with Crippen LogP contribution in [0.5, 0.6) is 17.2 Å². The van der Waals surface area contributed by atoms with Crippen molar-refractivity contribution in [3.8, 4) is 17.2 Å². The van der Waals surface area contributed by atoms with Gasteiger partial charge in [0, 0.05) is 19.0 Å². The molecule has 1 atom stereocenters. The van der Waals surface area contributed by atoms with E-state index in [0.29, 0.717) is 32.4 Å². The maximum atomic E-state index is 13.4. The normalized spacial score (nSPS) is 14.5. The monoisotopic (exact) mass is 496 g/mol. The molecule has 36 heavy (non-hydrogen) atoms. The van der Waals surface area contributed by atoms with Crippen molar-refractivity contribution in [3.05, 3.63) is 54.1 Å². The lowest BCUT2D eigenvalue weighted by Crippen LogP contribution is -2.51. The first-order valence-corrected chi connectivity index (χ1v) is 13.0. The van der Waals surface area contributed by atoms with Gasteiger partial charge in [-0.25, -0.2) is 0 Å². The van der Waals surface area contributed by atoms with E-state index in [1.807, 2.05) is 55.5 Å². The van der Waals surface area contributed by atoms with Gasteiger partial charge in [0.2, 0.25) is 11.8 Å². The fourth-order valence-corrected chi connectivity index (χ4v) is 4.62. The van der Waals surface area contributed by atoms with Crippen molar-refractivity contribution in [2.45, 2.75) is 76.9 Å². The average Bonchev–Trinajstić information content (AvgIpc) is 2.92. The molecule has 0 saturated heterocycles. The molecule has 2 aromatic carbocycles. The van der Waals surface area contributed by atoms with Gasteiger partial charge in [0.1, 0.15) is 23.3 Å². The molecule has 0 unspecified atom stereocenters. The molecule has 7 nitrogen and oxygen atoms in total. The molecule has 2 amide bonds. The van der Waals surface area contributed by atoms with Gasteiger partial charge in [-0.05, 0) is 67.6 Å². The number of rotatable bonds is 13. The number of carbonyl (C=O) groups excluding carboxylic acids is 2. The number of ether oxygens (including phenoxy) is 3. The Bertz CT molecular complexity index is 939. The molecule has 0 radical (unpaired) electrons. The summed E-state index contributed by atoms with van der Waals surface area (Å²) in [5, 5.41) is 3.22. The van der Waals surface area contributed by atoms with Crippen LogP contribution in [0.25, 0.3) is 0 Å². The summed E-state index contributed by atoms with van der Waals surface area (Å²) in [6.45, 7) is 2.75. The molecule has 1 saturated carbocycles. The molecule has 196 valence electrons. The van der Waals surface area contributed by atoms with E-state index in [4.69, 9.17) is 14.2 Å². The van der Waals surface area contributed by atoms with Crippen molar-refractivity contribution in [2.75, 3.05) is 20.8 Å². The number of hydrogen-bond donors (Lipinski definition) is 1. The first kappa shape index (κ1) is 27.4. The van der Waals surface area contributed by atoms with E-state index in [0.717, 1.165) is 48.5 Å². The summed E-state index contributed by atoms with van der Waals surface area (Å²) in [5.74, 6) is 2.16. The van der Waals surface area contributed by atoms with E-state index < -0.39 is 6.04 Å². The Hall–Kier alpha value is -3.22. The molecule has 0 aromatic heterocycles. The number of hydrogen-bond acceptors (Lipinski definition) is 5. The Morgan fingerprint density at radius 2 is 1.50 bits per heavy atom. The second kappa shape index (κ2) is 14.4. The smallest absolute Gasteiger partial charge is 0.243 e. The molecule has 0 heterocycles. The highest BCUT2D eigenvalue weighted by molar-refractivity contribution is 5.87. The molecule has 1 fully saturated rings. The van der Waals surface area contributed by atoms with Crippen LogP contribution >= 0.6 is 0 Å². The molecular weight excluding hydrogens is 456 g/mol. The third-order valence-electron chi connectivity index (χ3n) is 6.71. The van der Waals surface area contributed by atoms with Crippen LogP contribution in [0.15, 0.2) is 48.5 Å². The Kier molecular flexibility index (Phi) is 10.9. The van der Waals surface area contributed by atoms with Crippen LogP contribution < -0.4 is 19.5 Å². The summed E-state index contributed by atoms with van der Waals surface area (Å²) in [5.41, 5.74) is 0.961. The Morgan fingerprint density at radius 3 is 2.08 bits per heavy atom. The highest BCUT2D eigenvalue weighted by atomic mass is 16.5. The minimum atomic E-state index is -0.510. The van der Waals surface area contributed by atoms with E-state index in [9.17, 15) is 9.59 Å². The maximum absolute atomic E-state index is 13.4. The van der Waals surface area contributed by atoms with Crippen LogP contribution in [0.1, 0.15) is 63.9 Å². The van der Waals surface area contributed by atoms with Gasteiger partial charge in [-0.2, -0.15) is 0 Å². The zero-order chi connectivity index (χ0) is 25.8. The first-order chi connectivity index (χ1) is 17.5. The van der Waals surface area contributed by atoms with Crippen LogP contribution in [0.2, 0.25) is 0 Å². The fourth-order valence-electron chi connectivity index (χ4n) is 4.62. The van der Waals surface area contributed by atoms with E-state index in [2.05, 4.69) is 5.32 Å². The highest BCUT2D eigenvalue weighted by Gasteiger charge is 2.30. The highest BCUT2D eigenvalue weighted by Crippen LogP contribution is 2.21. The topological polar surface area (TPSA) is 77.1 Å². The number of methoxy groups -OCH3 is 2. The van der Waals surface area contributed by atoms with Gasteiger partial charge in [-0.1, -0.05) is 38.3 Å². The molecular formula is C29H40N2O5. The lowest BCUT2D eigenvalue weighted by Gasteiger charge is -2.33. The quantitative estimate of drug-likeness (QED) is 0.390. The molecule has 1 aliphatic carbocycles. The second-order valence-electron chi connectivity index (χ2n) is 9.26. The van der Waals surface area contributed by atoms with Crippen LogP contribution in [0, 0.1) is 0 Å². The van der Waals surface area contributed by atoms with Crippen LogP contribution in [0.4, 0.5) is 0 Å². The summed E-state index contributed by atoms with van der Waals surface area (Å²) >= 11 is 0. The predicted molar refractivity (Wildman–Crippen MR) is 140 cm³/mol. The first-order valence-electron chi connectivity index (χ1n) is 13.0. The molecule has 1 aliphatic rings. The second-order valence-corrected chi connectivity index (χ2v) is 9.26. The lowest BCUT2D eigenvalue weighted by molar-refractivity contribution is -0.142. The van der Waals surface area contributed by atoms with Crippen molar-refractivity contribution in [2.24, 2.45) is 0 Å². The van der Waals surface area contributed by atoms with Crippen LogP contribution in [0.3, 0.4) is 0 Å². The van der Waals surface area contributed by atoms with Crippen molar-refractivity contribution in [1.82, 2.24) is 10.2 Å². The SMILES string of the molecule is CC[C@@H](C(=O)NC1CCCCC1)N(Cc1ccc(OC)cc1)C(=O)CCCOc1ccc(OC)cc1. The van der Waals surface area contributed by atoms with Gasteiger partial charge in [0.15, 0.2) is 0 Å².